The first-order valence-electron chi connectivity index (χ1n) is 7.30. The predicted molar refractivity (Wildman–Crippen MR) is 80.2 cm³/mol. The molecule has 0 aliphatic carbocycles. The molecule has 1 unspecified atom stereocenters. The maximum atomic E-state index is 12.2. The molecule has 7 heteroatoms. The number of rotatable bonds is 5. The Kier molecular flexibility index (Phi) is 4.75. The molecule has 0 aromatic carbocycles. The molecule has 3 amide bonds. The number of aromatic nitrogens is 1. The van der Waals surface area contributed by atoms with Crippen LogP contribution in [-0.4, -0.2) is 33.2 Å². The van der Waals surface area contributed by atoms with Gasteiger partial charge in [-0.05, 0) is 19.4 Å². The smallest absolute Gasteiger partial charge is 0.250 e. The van der Waals surface area contributed by atoms with E-state index in [0.29, 0.717) is 12.2 Å². The average Bonchev–Trinajstić information content (AvgIpc) is 2.81. The van der Waals surface area contributed by atoms with Gasteiger partial charge in [0, 0.05) is 31.6 Å². The second-order valence-electron chi connectivity index (χ2n) is 5.27. The predicted octanol–water partition coefficient (Wildman–Crippen LogP) is 0.734. The number of imide groups is 1. The van der Waals surface area contributed by atoms with E-state index in [1.165, 1.54) is 23.6 Å². The highest BCUT2D eigenvalue weighted by molar-refractivity contribution is 6.07. The summed E-state index contributed by atoms with van der Waals surface area (Å²) in [6, 6.07) is 2.02. The number of anilines is 1. The molecule has 1 fully saturated rings. The SMILES string of the molecule is CCCn1cc(NC(=O)C(C)N2C(=O)CCC2=O)ccc1=O. The number of likely N-dealkylation sites (tertiary alicyclic amines) is 1. The summed E-state index contributed by atoms with van der Waals surface area (Å²) in [5.41, 5.74) is 0.321. The third kappa shape index (κ3) is 3.24. The van der Waals surface area contributed by atoms with E-state index in [9.17, 15) is 19.2 Å². The topological polar surface area (TPSA) is 88.5 Å². The van der Waals surface area contributed by atoms with Gasteiger partial charge in [0.15, 0.2) is 0 Å². The maximum Gasteiger partial charge on any atom is 0.250 e. The van der Waals surface area contributed by atoms with Crippen LogP contribution in [0, 0.1) is 0 Å². The molecule has 0 bridgehead atoms. The summed E-state index contributed by atoms with van der Waals surface area (Å²) in [7, 11) is 0. The number of carbonyl (C=O) groups excluding carboxylic acids is 3. The Morgan fingerprint density at radius 2 is 1.86 bits per heavy atom. The van der Waals surface area contributed by atoms with Gasteiger partial charge in [0.1, 0.15) is 6.04 Å². The van der Waals surface area contributed by atoms with Crippen LogP contribution in [0.1, 0.15) is 33.1 Å². The first kappa shape index (κ1) is 15.9. The van der Waals surface area contributed by atoms with Gasteiger partial charge in [0.25, 0.3) is 5.56 Å². The van der Waals surface area contributed by atoms with Gasteiger partial charge in [-0.3, -0.25) is 24.1 Å². The zero-order chi connectivity index (χ0) is 16.3. The number of aryl methyl sites for hydroxylation is 1. The molecular formula is C15H19N3O4. The Morgan fingerprint density at radius 1 is 1.23 bits per heavy atom. The molecule has 22 heavy (non-hydrogen) atoms. The van der Waals surface area contributed by atoms with Crippen molar-refractivity contribution >= 4 is 23.4 Å². The lowest BCUT2D eigenvalue weighted by Gasteiger charge is -2.21. The van der Waals surface area contributed by atoms with Crippen molar-refractivity contribution in [1.29, 1.82) is 0 Å². The van der Waals surface area contributed by atoms with Crippen molar-refractivity contribution < 1.29 is 14.4 Å². The molecule has 1 aromatic rings. The molecule has 1 aromatic heterocycles. The monoisotopic (exact) mass is 305 g/mol. The average molecular weight is 305 g/mol. The van der Waals surface area contributed by atoms with Crippen LogP contribution in [0.5, 0.6) is 0 Å². The lowest BCUT2D eigenvalue weighted by atomic mass is 10.2. The second kappa shape index (κ2) is 6.55. The number of hydrogen-bond acceptors (Lipinski definition) is 4. The summed E-state index contributed by atoms with van der Waals surface area (Å²) >= 11 is 0. The lowest BCUT2D eigenvalue weighted by molar-refractivity contribution is -0.144. The molecule has 1 N–H and O–H groups in total. The molecule has 1 atom stereocenters. The number of hydrogen-bond donors (Lipinski definition) is 1. The van der Waals surface area contributed by atoms with Gasteiger partial charge in [-0.25, -0.2) is 0 Å². The van der Waals surface area contributed by atoms with Crippen LogP contribution in [0.3, 0.4) is 0 Å². The molecule has 0 spiro atoms. The molecule has 0 radical (unpaired) electrons. The van der Waals surface area contributed by atoms with E-state index in [2.05, 4.69) is 5.32 Å². The van der Waals surface area contributed by atoms with Crippen molar-refractivity contribution in [2.24, 2.45) is 0 Å². The molecule has 1 aliphatic heterocycles. The van der Waals surface area contributed by atoms with Gasteiger partial charge in [-0.1, -0.05) is 6.92 Å². The van der Waals surface area contributed by atoms with E-state index in [1.807, 2.05) is 6.92 Å². The first-order valence-corrected chi connectivity index (χ1v) is 7.30. The number of carbonyl (C=O) groups is 3. The first-order chi connectivity index (χ1) is 10.4. The van der Waals surface area contributed by atoms with Crippen LogP contribution >= 0.6 is 0 Å². The third-order valence-corrected chi connectivity index (χ3v) is 3.57. The Balaban J connectivity index is 2.11. The van der Waals surface area contributed by atoms with Crippen LogP contribution in [0.2, 0.25) is 0 Å². The third-order valence-electron chi connectivity index (χ3n) is 3.57. The zero-order valence-corrected chi connectivity index (χ0v) is 12.7. The standard InChI is InChI=1S/C15H19N3O4/c1-3-8-17-9-11(4-5-12(17)19)16-15(22)10(2)18-13(20)6-7-14(18)21/h4-5,9-10H,3,6-8H2,1-2H3,(H,16,22). The molecule has 7 nitrogen and oxygen atoms in total. The zero-order valence-electron chi connectivity index (χ0n) is 12.7. The fraction of sp³-hybridized carbons (Fsp3) is 0.467. The highest BCUT2D eigenvalue weighted by Gasteiger charge is 2.36. The minimum atomic E-state index is -0.867. The van der Waals surface area contributed by atoms with Crippen LogP contribution in [0.4, 0.5) is 5.69 Å². The van der Waals surface area contributed by atoms with Crippen LogP contribution < -0.4 is 10.9 Å². The Morgan fingerprint density at radius 3 is 2.45 bits per heavy atom. The van der Waals surface area contributed by atoms with E-state index in [0.717, 1.165) is 11.3 Å². The normalized spacial score (nSPS) is 16.0. The van der Waals surface area contributed by atoms with Crippen LogP contribution in [0.15, 0.2) is 23.1 Å². The Bertz CT molecular complexity index is 649. The summed E-state index contributed by atoms with van der Waals surface area (Å²) in [6.45, 7) is 4.02. The van der Waals surface area contributed by atoms with E-state index >= 15 is 0 Å². The van der Waals surface area contributed by atoms with Gasteiger partial charge in [-0.2, -0.15) is 0 Å². The lowest BCUT2D eigenvalue weighted by Crippen LogP contribution is -2.45. The van der Waals surface area contributed by atoms with Gasteiger partial charge >= 0.3 is 0 Å². The van der Waals surface area contributed by atoms with Crippen LogP contribution in [-0.2, 0) is 20.9 Å². The van der Waals surface area contributed by atoms with Gasteiger partial charge in [-0.15, -0.1) is 0 Å². The maximum absolute atomic E-state index is 12.2. The summed E-state index contributed by atoms with van der Waals surface area (Å²) < 4.78 is 1.51. The molecule has 2 heterocycles. The number of nitrogens with zero attached hydrogens (tertiary/aromatic N) is 2. The number of amides is 3. The van der Waals surface area contributed by atoms with Crippen molar-refractivity contribution in [1.82, 2.24) is 9.47 Å². The summed E-state index contributed by atoms with van der Waals surface area (Å²) in [5, 5.41) is 2.64. The molecular weight excluding hydrogens is 286 g/mol. The fourth-order valence-corrected chi connectivity index (χ4v) is 2.41. The highest BCUT2D eigenvalue weighted by atomic mass is 16.2. The van der Waals surface area contributed by atoms with Crippen molar-refractivity contribution in [2.75, 3.05) is 5.32 Å². The molecule has 2 rings (SSSR count). The van der Waals surface area contributed by atoms with Crippen molar-refractivity contribution in [3.05, 3.63) is 28.7 Å². The summed E-state index contributed by atoms with van der Waals surface area (Å²) in [6.07, 6.45) is 2.66. The molecule has 1 aliphatic rings. The van der Waals surface area contributed by atoms with Gasteiger partial charge in [0.05, 0.1) is 5.69 Å². The van der Waals surface area contributed by atoms with E-state index < -0.39 is 11.9 Å². The van der Waals surface area contributed by atoms with E-state index in [-0.39, 0.29) is 30.2 Å². The van der Waals surface area contributed by atoms with Crippen molar-refractivity contribution in [3.63, 3.8) is 0 Å². The minimum absolute atomic E-state index is 0.141. The van der Waals surface area contributed by atoms with Crippen LogP contribution in [0.25, 0.3) is 0 Å². The van der Waals surface area contributed by atoms with Crippen molar-refractivity contribution in [3.8, 4) is 0 Å². The van der Waals surface area contributed by atoms with Gasteiger partial charge in [0.2, 0.25) is 17.7 Å². The molecule has 1 saturated heterocycles. The largest absolute Gasteiger partial charge is 0.323 e. The highest BCUT2D eigenvalue weighted by Crippen LogP contribution is 2.16. The summed E-state index contributed by atoms with van der Waals surface area (Å²) in [5.74, 6) is -1.11. The quantitative estimate of drug-likeness (QED) is 0.812. The second-order valence-corrected chi connectivity index (χ2v) is 5.27. The molecule has 118 valence electrons. The molecule has 0 saturated carbocycles. The van der Waals surface area contributed by atoms with E-state index in [4.69, 9.17) is 0 Å². The fourth-order valence-electron chi connectivity index (χ4n) is 2.41. The Labute approximate surface area is 127 Å². The minimum Gasteiger partial charge on any atom is -0.323 e. The van der Waals surface area contributed by atoms with Gasteiger partial charge < -0.3 is 9.88 Å². The summed E-state index contributed by atoms with van der Waals surface area (Å²) in [4.78, 5) is 48.1. The number of nitrogens with one attached hydrogen (secondary N) is 1. The Hall–Kier alpha value is -2.44. The van der Waals surface area contributed by atoms with Crippen molar-refractivity contribution in [2.45, 2.75) is 45.7 Å². The number of pyridine rings is 1. The van der Waals surface area contributed by atoms with E-state index in [1.54, 1.807) is 6.20 Å².